The molecule has 1 rings (SSSR count). The highest BCUT2D eigenvalue weighted by Crippen LogP contribution is 2.13. The van der Waals surface area contributed by atoms with Crippen LogP contribution in [0.1, 0.15) is 12.0 Å². The normalized spacial score (nSPS) is 10.5. The highest BCUT2D eigenvalue weighted by molar-refractivity contribution is 7.91. The highest BCUT2D eigenvalue weighted by Gasteiger charge is 2.14. The molecule has 0 bridgehead atoms. The minimum atomic E-state index is -3.30. The Balaban J connectivity index is 0.00000256. The van der Waals surface area contributed by atoms with E-state index < -0.39 is 9.84 Å². The summed E-state index contributed by atoms with van der Waals surface area (Å²) in [6.07, 6.45) is 0.104. The molecule has 4 nitrogen and oxygen atoms in total. The van der Waals surface area contributed by atoms with Crippen LogP contribution in [-0.2, 0) is 14.6 Å². The van der Waals surface area contributed by atoms with Gasteiger partial charge in [-0.25, -0.2) is 8.42 Å². The van der Waals surface area contributed by atoms with Crippen LogP contribution in [0.3, 0.4) is 0 Å². The van der Waals surface area contributed by atoms with Gasteiger partial charge in [0.1, 0.15) is 0 Å². The Bertz CT molecular complexity index is 468. The molecule has 1 N–H and O–H groups in total. The van der Waals surface area contributed by atoms with E-state index in [-0.39, 0.29) is 30.5 Å². The van der Waals surface area contributed by atoms with E-state index in [9.17, 15) is 8.42 Å². The zero-order chi connectivity index (χ0) is 12.2. The molecule has 17 heavy (non-hydrogen) atoms. The lowest BCUT2D eigenvalue weighted by Crippen LogP contribution is -2.11. The summed E-state index contributed by atoms with van der Waals surface area (Å²) in [4.78, 5) is 0.294. The predicted octanol–water partition coefficient (Wildman–Crippen LogP) is 2.20. The summed E-state index contributed by atoms with van der Waals surface area (Å²) >= 11 is 0. The summed E-state index contributed by atoms with van der Waals surface area (Å²) in [6, 6.07) is 6.69. The third-order valence-electron chi connectivity index (χ3n) is 2.22. The van der Waals surface area contributed by atoms with Crippen molar-refractivity contribution < 1.29 is 13.2 Å². The van der Waals surface area contributed by atoms with E-state index in [1.54, 1.807) is 24.3 Å². The smallest absolute Gasteiger partial charge is 0.181 e. The van der Waals surface area contributed by atoms with Crippen molar-refractivity contribution >= 4 is 28.1 Å². The van der Waals surface area contributed by atoms with E-state index in [1.807, 2.05) is 6.92 Å². The van der Waals surface area contributed by atoms with Gasteiger partial charge in [0.15, 0.2) is 15.7 Å². The number of sulfone groups is 1. The van der Waals surface area contributed by atoms with Crippen LogP contribution in [0, 0.1) is 12.3 Å². The van der Waals surface area contributed by atoms with Gasteiger partial charge in [0.05, 0.1) is 17.8 Å². The lowest BCUT2D eigenvalue weighted by atomic mass is 10.2. The Morgan fingerprint density at radius 2 is 1.82 bits per heavy atom. The zero-order valence-corrected chi connectivity index (χ0v) is 11.4. The van der Waals surface area contributed by atoms with Crippen LogP contribution in [0.25, 0.3) is 0 Å². The van der Waals surface area contributed by atoms with Crippen LogP contribution in [0.2, 0.25) is 0 Å². The van der Waals surface area contributed by atoms with E-state index >= 15 is 0 Å². The molecule has 0 fully saturated rings. The maximum Gasteiger partial charge on any atom is 0.181 e. The van der Waals surface area contributed by atoms with Crippen molar-refractivity contribution in [1.82, 2.24) is 0 Å². The van der Waals surface area contributed by atoms with Gasteiger partial charge in [0.25, 0.3) is 0 Å². The number of ether oxygens (including phenoxy) is 1. The van der Waals surface area contributed by atoms with E-state index in [0.717, 1.165) is 5.56 Å². The van der Waals surface area contributed by atoms with Crippen molar-refractivity contribution in [2.45, 2.75) is 18.2 Å². The molecule has 0 aliphatic heterocycles. The SMILES string of the molecule is COC(=N)CCS(=O)(=O)c1ccc(C)cc1.Cl. The number of nitrogens with one attached hydrogen (secondary N) is 1. The fraction of sp³-hybridized carbons (Fsp3) is 0.364. The highest BCUT2D eigenvalue weighted by atomic mass is 35.5. The monoisotopic (exact) mass is 277 g/mol. The molecular weight excluding hydrogens is 262 g/mol. The Labute approximate surface area is 108 Å². The summed E-state index contributed by atoms with van der Waals surface area (Å²) < 4.78 is 28.2. The minimum absolute atomic E-state index is 0. The van der Waals surface area contributed by atoms with Crippen LogP contribution in [-0.4, -0.2) is 27.2 Å². The van der Waals surface area contributed by atoms with Crippen molar-refractivity contribution in [1.29, 1.82) is 5.41 Å². The lowest BCUT2D eigenvalue weighted by molar-refractivity contribution is 0.388. The zero-order valence-electron chi connectivity index (χ0n) is 9.76. The molecule has 1 aromatic carbocycles. The number of rotatable bonds is 4. The molecule has 0 aliphatic rings. The molecule has 6 heteroatoms. The van der Waals surface area contributed by atoms with Crippen LogP contribution in [0.5, 0.6) is 0 Å². The second-order valence-electron chi connectivity index (χ2n) is 3.51. The van der Waals surface area contributed by atoms with Crippen molar-refractivity contribution in [3.63, 3.8) is 0 Å². The minimum Gasteiger partial charge on any atom is -0.484 e. The Kier molecular flexibility index (Phi) is 6.20. The topological polar surface area (TPSA) is 67.2 Å². The third kappa shape index (κ3) is 4.75. The van der Waals surface area contributed by atoms with E-state index in [2.05, 4.69) is 4.74 Å². The van der Waals surface area contributed by atoms with E-state index in [0.29, 0.717) is 4.90 Å². The second-order valence-corrected chi connectivity index (χ2v) is 5.62. The van der Waals surface area contributed by atoms with Crippen molar-refractivity contribution in [2.75, 3.05) is 12.9 Å². The molecule has 0 aromatic heterocycles. The molecule has 0 aliphatic carbocycles. The Morgan fingerprint density at radius 1 is 1.29 bits per heavy atom. The van der Waals surface area contributed by atoms with Gasteiger partial charge < -0.3 is 4.74 Å². The first-order chi connectivity index (χ1) is 7.45. The molecule has 0 amide bonds. The number of hydrogen-bond donors (Lipinski definition) is 1. The first-order valence-corrected chi connectivity index (χ1v) is 6.52. The van der Waals surface area contributed by atoms with Crippen molar-refractivity contribution in [3.8, 4) is 0 Å². The number of halogens is 1. The van der Waals surface area contributed by atoms with Crippen LogP contribution < -0.4 is 0 Å². The van der Waals surface area contributed by atoms with Crippen molar-refractivity contribution in [3.05, 3.63) is 29.8 Å². The first-order valence-electron chi connectivity index (χ1n) is 4.86. The molecule has 0 unspecified atom stereocenters. The van der Waals surface area contributed by atoms with Gasteiger partial charge in [-0.1, -0.05) is 17.7 Å². The van der Waals surface area contributed by atoms with Gasteiger partial charge in [-0.15, -0.1) is 12.4 Å². The van der Waals surface area contributed by atoms with Crippen LogP contribution in [0.15, 0.2) is 29.2 Å². The average Bonchev–Trinajstić information content (AvgIpc) is 2.26. The number of benzene rings is 1. The fourth-order valence-electron chi connectivity index (χ4n) is 1.19. The van der Waals surface area contributed by atoms with Gasteiger partial charge >= 0.3 is 0 Å². The Morgan fingerprint density at radius 3 is 2.29 bits per heavy atom. The maximum absolute atomic E-state index is 11.8. The molecule has 96 valence electrons. The first kappa shape index (κ1) is 15.9. The third-order valence-corrected chi connectivity index (χ3v) is 3.96. The summed E-state index contributed by atoms with van der Waals surface area (Å²) in [5, 5.41) is 7.23. The van der Waals surface area contributed by atoms with Crippen LogP contribution >= 0.6 is 12.4 Å². The van der Waals surface area contributed by atoms with Gasteiger partial charge in [-0.3, -0.25) is 5.41 Å². The lowest BCUT2D eigenvalue weighted by Gasteiger charge is -2.05. The van der Waals surface area contributed by atoms with Gasteiger partial charge in [-0.2, -0.15) is 0 Å². The number of methoxy groups -OCH3 is 1. The van der Waals surface area contributed by atoms with Gasteiger partial charge in [0, 0.05) is 6.42 Å². The quantitative estimate of drug-likeness (QED) is 0.678. The molecule has 0 spiro atoms. The molecule has 0 radical (unpaired) electrons. The second kappa shape index (κ2) is 6.61. The molecule has 0 saturated carbocycles. The molecule has 0 atom stereocenters. The predicted molar refractivity (Wildman–Crippen MR) is 69.8 cm³/mol. The Hall–Kier alpha value is -1.07. The average molecular weight is 278 g/mol. The standard InChI is InChI=1S/C11H15NO3S.ClH/c1-9-3-5-10(6-4-9)16(13,14)8-7-11(12)15-2;/h3-6,12H,7-8H2,1-2H3;1H. The van der Waals surface area contributed by atoms with Crippen LogP contribution in [0.4, 0.5) is 0 Å². The number of aryl methyl sites for hydroxylation is 1. The molecule has 0 saturated heterocycles. The fourth-order valence-corrected chi connectivity index (χ4v) is 2.43. The van der Waals surface area contributed by atoms with Gasteiger partial charge in [0.2, 0.25) is 0 Å². The maximum atomic E-state index is 11.8. The summed E-state index contributed by atoms with van der Waals surface area (Å²) in [7, 11) is -1.94. The van der Waals surface area contributed by atoms with Gasteiger partial charge in [-0.05, 0) is 19.1 Å². The van der Waals surface area contributed by atoms with E-state index in [1.165, 1.54) is 7.11 Å². The number of hydrogen-bond acceptors (Lipinski definition) is 4. The molecule has 0 heterocycles. The van der Waals surface area contributed by atoms with E-state index in [4.69, 9.17) is 5.41 Å². The summed E-state index contributed by atoms with van der Waals surface area (Å²) in [6.45, 7) is 1.90. The summed E-state index contributed by atoms with van der Waals surface area (Å²) in [5.41, 5.74) is 1.02. The summed E-state index contributed by atoms with van der Waals surface area (Å²) in [5.74, 6) is -0.112. The largest absolute Gasteiger partial charge is 0.484 e. The molecular formula is C11H16ClNO3S. The molecule has 1 aromatic rings. The van der Waals surface area contributed by atoms with Crippen molar-refractivity contribution in [2.24, 2.45) is 0 Å².